The van der Waals surface area contributed by atoms with E-state index in [0.29, 0.717) is 11.6 Å². The smallest absolute Gasteiger partial charge is 0.229 e. The molecule has 0 spiro atoms. The minimum atomic E-state index is 0.0662. The molecule has 1 aliphatic rings. The van der Waals surface area contributed by atoms with Gasteiger partial charge in [-0.2, -0.15) is 15.1 Å². The fourth-order valence-electron chi connectivity index (χ4n) is 4.36. The van der Waals surface area contributed by atoms with Crippen LogP contribution in [0.4, 0.5) is 23.1 Å². The van der Waals surface area contributed by atoms with E-state index in [2.05, 4.69) is 77.3 Å². The zero-order valence-corrected chi connectivity index (χ0v) is 20.9. The fraction of sp³-hybridized carbons (Fsp3) is 0.440. The molecule has 0 saturated carbocycles. The highest BCUT2D eigenvalue weighted by Gasteiger charge is 2.23. The lowest BCUT2D eigenvalue weighted by Crippen LogP contribution is -2.47. The van der Waals surface area contributed by atoms with E-state index in [1.165, 1.54) is 11.1 Å². The molecule has 5 rings (SSSR count). The Hall–Kier alpha value is -3.62. The molecule has 0 atom stereocenters. The number of benzene rings is 1. The lowest BCUT2D eigenvalue weighted by Gasteiger charge is -2.35. The van der Waals surface area contributed by atoms with Crippen LogP contribution in [-0.2, 0) is 19.5 Å². The molecule has 1 saturated heterocycles. The largest absolute Gasteiger partial charge is 0.365 e. The molecule has 1 N–H and O–H groups in total. The molecule has 1 aromatic carbocycles. The molecular formula is C25H33N9. The Bertz CT molecular complexity index is 1320. The van der Waals surface area contributed by atoms with Crippen LogP contribution < -0.4 is 15.1 Å². The van der Waals surface area contributed by atoms with Gasteiger partial charge in [-0.1, -0.05) is 32.9 Å². The standard InChI is InChI=1S/C25H33N9/c1-17-7-8-18(25(2,3)4)13-20(17)28-23-21-22(26-16-31(21)5)29-24(30-23)34-11-9-33(10-12-34)19-14-27-32(6)15-19/h7-8,13-16H,9-12H2,1-6H3,(H,28,29,30). The van der Waals surface area contributed by atoms with Gasteiger partial charge in [-0.15, -0.1) is 0 Å². The maximum Gasteiger partial charge on any atom is 0.229 e. The summed E-state index contributed by atoms with van der Waals surface area (Å²) in [5.74, 6) is 1.49. The second-order valence-corrected chi connectivity index (χ2v) is 10.2. The van der Waals surface area contributed by atoms with Gasteiger partial charge in [0.1, 0.15) is 5.52 Å². The van der Waals surface area contributed by atoms with Gasteiger partial charge in [-0.3, -0.25) is 4.68 Å². The molecule has 4 aromatic rings. The molecule has 1 aliphatic heterocycles. The number of anilines is 4. The third-order valence-corrected chi connectivity index (χ3v) is 6.54. The second kappa shape index (κ2) is 8.30. The predicted molar refractivity (Wildman–Crippen MR) is 137 cm³/mol. The van der Waals surface area contributed by atoms with Gasteiger partial charge in [-0.25, -0.2) is 4.98 Å². The number of hydrogen-bond donors (Lipinski definition) is 1. The van der Waals surface area contributed by atoms with Crippen LogP contribution in [0.1, 0.15) is 31.9 Å². The highest BCUT2D eigenvalue weighted by Crippen LogP contribution is 2.31. The number of piperazine rings is 1. The topological polar surface area (TPSA) is 79.9 Å². The Morgan fingerprint density at radius 3 is 2.38 bits per heavy atom. The van der Waals surface area contributed by atoms with Crippen LogP contribution in [0.5, 0.6) is 0 Å². The van der Waals surface area contributed by atoms with Crippen molar-refractivity contribution in [3.05, 3.63) is 48.0 Å². The van der Waals surface area contributed by atoms with E-state index >= 15 is 0 Å². The Kier molecular flexibility index (Phi) is 5.42. The van der Waals surface area contributed by atoms with Crippen LogP contribution in [0.25, 0.3) is 11.2 Å². The number of nitrogens with one attached hydrogen (secondary N) is 1. The molecule has 4 heterocycles. The number of aromatic nitrogens is 6. The lowest BCUT2D eigenvalue weighted by atomic mass is 9.86. The van der Waals surface area contributed by atoms with Crippen molar-refractivity contribution in [2.75, 3.05) is 41.3 Å². The summed E-state index contributed by atoms with van der Waals surface area (Å²) in [6.07, 6.45) is 5.78. The molecule has 0 bridgehead atoms. The maximum atomic E-state index is 5.00. The van der Waals surface area contributed by atoms with Gasteiger partial charge in [0.15, 0.2) is 11.5 Å². The zero-order valence-electron chi connectivity index (χ0n) is 20.9. The van der Waals surface area contributed by atoms with Gasteiger partial charge in [0.25, 0.3) is 0 Å². The summed E-state index contributed by atoms with van der Waals surface area (Å²) >= 11 is 0. The second-order valence-electron chi connectivity index (χ2n) is 10.2. The van der Waals surface area contributed by atoms with Crippen LogP contribution in [0, 0.1) is 6.92 Å². The molecule has 178 valence electrons. The summed E-state index contributed by atoms with van der Waals surface area (Å²) in [7, 11) is 3.93. The first-order valence-corrected chi connectivity index (χ1v) is 11.7. The molecule has 34 heavy (non-hydrogen) atoms. The molecule has 9 nitrogen and oxygen atoms in total. The van der Waals surface area contributed by atoms with E-state index in [1.54, 1.807) is 6.33 Å². The first-order valence-electron chi connectivity index (χ1n) is 11.7. The van der Waals surface area contributed by atoms with Crippen molar-refractivity contribution in [3.63, 3.8) is 0 Å². The number of fused-ring (bicyclic) bond motifs is 1. The third-order valence-electron chi connectivity index (χ3n) is 6.54. The van der Waals surface area contributed by atoms with Crippen LogP contribution >= 0.6 is 0 Å². The van der Waals surface area contributed by atoms with E-state index in [-0.39, 0.29) is 5.41 Å². The number of hydrogen-bond acceptors (Lipinski definition) is 7. The van der Waals surface area contributed by atoms with Crippen molar-refractivity contribution in [3.8, 4) is 0 Å². The third kappa shape index (κ3) is 4.18. The van der Waals surface area contributed by atoms with E-state index < -0.39 is 0 Å². The van der Waals surface area contributed by atoms with Crippen molar-refractivity contribution >= 4 is 34.3 Å². The van der Waals surface area contributed by atoms with E-state index in [9.17, 15) is 0 Å². The number of aryl methyl sites for hydroxylation is 3. The monoisotopic (exact) mass is 459 g/mol. The molecule has 9 heteroatoms. The van der Waals surface area contributed by atoms with Gasteiger partial charge < -0.3 is 19.7 Å². The van der Waals surface area contributed by atoms with Gasteiger partial charge in [0.05, 0.1) is 18.2 Å². The molecule has 0 unspecified atom stereocenters. The van der Waals surface area contributed by atoms with Crippen molar-refractivity contribution in [1.29, 1.82) is 0 Å². The van der Waals surface area contributed by atoms with E-state index in [0.717, 1.165) is 48.9 Å². The van der Waals surface area contributed by atoms with Crippen molar-refractivity contribution in [2.45, 2.75) is 33.1 Å². The molecule has 0 amide bonds. The van der Waals surface area contributed by atoms with Gasteiger partial charge in [0.2, 0.25) is 5.95 Å². The summed E-state index contributed by atoms with van der Waals surface area (Å²) in [5.41, 5.74) is 6.33. The van der Waals surface area contributed by atoms with Crippen LogP contribution in [0.15, 0.2) is 36.9 Å². The highest BCUT2D eigenvalue weighted by atomic mass is 15.4. The Morgan fingerprint density at radius 1 is 0.971 bits per heavy atom. The summed E-state index contributed by atoms with van der Waals surface area (Å²) in [6.45, 7) is 12.3. The molecule has 0 radical (unpaired) electrons. The predicted octanol–water partition coefficient (Wildman–Crippen LogP) is 3.77. The fourth-order valence-corrected chi connectivity index (χ4v) is 4.36. The van der Waals surface area contributed by atoms with Crippen LogP contribution in [-0.4, -0.2) is 55.5 Å². The molecule has 1 fully saturated rings. The number of imidazole rings is 1. The first-order chi connectivity index (χ1) is 16.2. The van der Waals surface area contributed by atoms with Crippen molar-refractivity contribution < 1.29 is 0 Å². The Balaban J connectivity index is 1.45. The van der Waals surface area contributed by atoms with Crippen LogP contribution in [0.2, 0.25) is 0 Å². The lowest BCUT2D eigenvalue weighted by molar-refractivity contribution is 0.590. The number of nitrogens with zero attached hydrogens (tertiary/aromatic N) is 8. The molecular weight excluding hydrogens is 426 g/mol. The Labute approximate surface area is 200 Å². The summed E-state index contributed by atoms with van der Waals surface area (Å²) < 4.78 is 3.82. The van der Waals surface area contributed by atoms with E-state index in [1.807, 2.05) is 29.5 Å². The van der Waals surface area contributed by atoms with Crippen molar-refractivity contribution in [1.82, 2.24) is 29.3 Å². The van der Waals surface area contributed by atoms with Crippen LogP contribution in [0.3, 0.4) is 0 Å². The average Bonchev–Trinajstić information content (AvgIpc) is 3.40. The molecule has 3 aromatic heterocycles. The minimum absolute atomic E-state index is 0.0662. The van der Waals surface area contributed by atoms with E-state index in [4.69, 9.17) is 9.97 Å². The quantitative estimate of drug-likeness (QED) is 0.498. The highest BCUT2D eigenvalue weighted by molar-refractivity contribution is 5.87. The summed E-state index contributed by atoms with van der Waals surface area (Å²) in [5, 5.41) is 7.91. The SMILES string of the molecule is Cc1ccc(C(C)(C)C)cc1Nc1nc(N2CCN(c3cnn(C)c3)CC2)nc2ncn(C)c12. The normalized spacial score (nSPS) is 14.8. The van der Waals surface area contributed by atoms with Crippen molar-refractivity contribution in [2.24, 2.45) is 14.1 Å². The summed E-state index contributed by atoms with van der Waals surface area (Å²) in [6, 6.07) is 6.60. The molecule has 0 aliphatic carbocycles. The first kappa shape index (κ1) is 22.2. The Morgan fingerprint density at radius 2 is 1.71 bits per heavy atom. The summed E-state index contributed by atoms with van der Waals surface area (Å²) in [4.78, 5) is 18.9. The average molecular weight is 460 g/mol. The maximum absolute atomic E-state index is 5.00. The minimum Gasteiger partial charge on any atom is -0.365 e. The number of rotatable bonds is 4. The van der Waals surface area contributed by atoms with Gasteiger partial charge in [-0.05, 0) is 29.5 Å². The zero-order chi connectivity index (χ0) is 24.0. The van der Waals surface area contributed by atoms with Gasteiger partial charge in [0, 0.05) is 52.2 Å². The van der Waals surface area contributed by atoms with Gasteiger partial charge >= 0.3 is 0 Å².